The molecule has 0 bridgehead atoms. The van der Waals surface area contributed by atoms with Gasteiger partial charge < -0.3 is 20.8 Å². The zero-order valence-electron chi connectivity index (χ0n) is 29.9. The number of methoxy groups -OCH3 is 1. The Labute approximate surface area is 306 Å². The highest BCUT2D eigenvalue weighted by atomic mass is 35.5. The second kappa shape index (κ2) is 15.0. The average Bonchev–Trinajstić information content (AvgIpc) is 3.97. The Bertz CT molecular complexity index is 1640. The maximum Gasteiger partial charge on any atom is 0.319 e. The van der Waals surface area contributed by atoms with Crippen molar-refractivity contribution in [1.82, 2.24) is 20.3 Å². The van der Waals surface area contributed by atoms with Crippen LogP contribution in [0.4, 0.5) is 0 Å². The third-order valence-corrected chi connectivity index (χ3v) is 12.3. The fourth-order valence-electron chi connectivity index (χ4n) is 8.55. The Morgan fingerprint density at radius 3 is 1.84 bits per heavy atom. The lowest BCUT2D eigenvalue weighted by Gasteiger charge is -2.28. The number of hydrogen-bond donors (Lipinski definition) is 3. The van der Waals surface area contributed by atoms with Crippen molar-refractivity contribution < 1.29 is 28.7 Å². The van der Waals surface area contributed by atoms with E-state index in [-0.39, 0.29) is 47.7 Å². The van der Waals surface area contributed by atoms with Crippen molar-refractivity contribution in [2.45, 2.75) is 145 Å². The Kier molecular flexibility index (Phi) is 11.1. The summed E-state index contributed by atoms with van der Waals surface area (Å²) in [7, 11) is 1.38. The minimum Gasteiger partial charge on any atom is -0.468 e. The molecule has 51 heavy (non-hydrogen) atoms. The van der Waals surface area contributed by atoms with Gasteiger partial charge in [0.15, 0.2) is 23.0 Å². The van der Waals surface area contributed by atoms with Gasteiger partial charge in [0.1, 0.15) is 10.9 Å². The highest BCUT2D eigenvalue weighted by Crippen LogP contribution is 2.47. The second-order valence-electron chi connectivity index (χ2n) is 16.3. The SMILES string of the molecule is COC(=O)C1(C(=O)C2CC2)CCCC1.Cl.NC1(C(=O)C2CC2)CCCC1.O=C(NC1(C(=O)C2CC2)CCCC1)c1c[nH]c2ncc(C3CC3)nc12. The summed E-state index contributed by atoms with van der Waals surface area (Å²) in [4.78, 5) is 73.2. The van der Waals surface area contributed by atoms with E-state index in [0.717, 1.165) is 121 Å². The van der Waals surface area contributed by atoms with Crippen molar-refractivity contribution in [3.05, 3.63) is 23.7 Å². The van der Waals surface area contributed by atoms with Crippen LogP contribution < -0.4 is 11.1 Å². The van der Waals surface area contributed by atoms with Gasteiger partial charge in [-0.3, -0.25) is 24.0 Å². The van der Waals surface area contributed by atoms with E-state index in [1.807, 2.05) is 0 Å². The molecule has 7 saturated carbocycles. The molecular formula is C39H54ClN5O6. The normalized spacial score (nSPS) is 23.9. The summed E-state index contributed by atoms with van der Waals surface area (Å²) in [5, 5.41) is 3.10. The van der Waals surface area contributed by atoms with Gasteiger partial charge in [0.2, 0.25) is 0 Å². The van der Waals surface area contributed by atoms with Gasteiger partial charge in [-0.1, -0.05) is 38.5 Å². The third kappa shape index (κ3) is 7.94. The fraction of sp³-hybridized carbons (Fsp3) is 0.718. The number of H-pyrrole nitrogens is 1. The van der Waals surface area contributed by atoms with E-state index in [9.17, 15) is 24.0 Å². The number of rotatable bonds is 10. The predicted molar refractivity (Wildman–Crippen MR) is 193 cm³/mol. The quantitative estimate of drug-likeness (QED) is 0.190. The molecule has 7 aliphatic carbocycles. The lowest BCUT2D eigenvalue weighted by molar-refractivity contribution is -0.158. The molecule has 0 saturated heterocycles. The number of ketones is 3. The van der Waals surface area contributed by atoms with Crippen molar-refractivity contribution in [3.63, 3.8) is 0 Å². The van der Waals surface area contributed by atoms with Crippen molar-refractivity contribution in [3.8, 4) is 0 Å². The number of aromatic amines is 1. The molecule has 2 heterocycles. The number of carbonyl (C=O) groups excluding carboxylic acids is 5. The summed E-state index contributed by atoms with van der Waals surface area (Å²) in [5.41, 5.74) is 6.89. The Hall–Kier alpha value is -3.18. The molecule has 11 nitrogen and oxygen atoms in total. The lowest BCUT2D eigenvalue weighted by atomic mass is 9.79. The summed E-state index contributed by atoms with van der Waals surface area (Å²) in [5.74, 6) is 1.39. The maximum atomic E-state index is 13.0. The highest BCUT2D eigenvalue weighted by molar-refractivity contribution is 6.07. The van der Waals surface area contributed by atoms with E-state index in [0.29, 0.717) is 47.2 Å². The first-order chi connectivity index (χ1) is 24.1. The van der Waals surface area contributed by atoms with Gasteiger partial charge in [0, 0.05) is 29.9 Å². The average molecular weight is 724 g/mol. The van der Waals surface area contributed by atoms with Crippen molar-refractivity contribution in [1.29, 1.82) is 0 Å². The fourth-order valence-corrected chi connectivity index (χ4v) is 8.55. The Morgan fingerprint density at radius 1 is 0.765 bits per heavy atom. The number of hydrogen-bond acceptors (Lipinski definition) is 9. The molecule has 12 heteroatoms. The molecule has 7 fully saturated rings. The van der Waals surface area contributed by atoms with Gasteiger partial charge in [0.25, 0.3) is 5.91 Å². The molecule has 0 aromatic carbocycles. The molecule has 0 atom stereocenters. The molecule has 0 aliphatic heterocycles. The number of ether oxygens (including phenoxy) is 1. The molecule has 278 valence electrons. The van der Waals surface area contributed by atoms with Crippen LogP contribution >= 0.6 is 12.4 Å². The first kappa shape index (κ1) is 37.6. The summed E-state index contributed by atoms with van der Waals surface area (Å²) in [6.45, 7) is 0. The number of amides is 1. The van der Waals surface area contributed by atoms with Crippen LogP contribution in [0.5, 0.6) is 0 Å². The molecule has 1 amide bonds. The van der Waals surface area contributed by atoms with E-state index in [4.69, 9.17) is 10.5 Å². The number of halogens is 1. The zero-order valence-corrected chi connectivity index (χ0v) is 30.8. The number of fused-ring (bicyclic) bond motifs is 1. The summed E-state index contributed by atoms with van der Waals surface area (Å²) in [6.07, 6.45) is 22.9. The molecule has 2 aromatic heterocycles. The number of nitrogens with two attached hydrogens (primary N) is 1. The number of nitrogens with one attached hydrogen (secondary N) is 2. The second-order valence-corrected chi connectivity index (χ2v) is 16.3. The van der Waals surface area contributed by atoms with Gasteiger partial charge in [-0.25, -0.2) is 9.97 Å². The molecular weight excluding hydrogens is 670 g/mol. The number of Topliss-reactive ketones (excluding diaryl/α,β-unsaturated/α-hetero) is 3. The van der Waals surface area contributed by atoms with E-state index in [1.165, 1.54) is 7.11 Å². The molecule has 2 aromatic rings. The smallest absolute Gasteiger partial charge is 0.319 e. The molecule has 7 aliphatic rings. The Balaban J connectivity index is 0.000000146. The molecule has 0 radical (unpaired) electrons. The standard InChI is InChI=1S/C19H22N4O2.C11H16O3.C9H15NO.ClH/c24-16(12-5-6-12)19(7-1-2-8-19)23-18(25)13-9-20-17-15(13)22-14(10-21-17)11-3-4-11;1-14-10(13)11(6-2-3-7-11)9(12)8-4-5-8;10-9(5-1-2-6-9)8(11)7-3-4-7;/h9-12H,1-8H2,(H,20,21)(H,23,25);8H,2-7H2,1H3;7H,1-6,10H2;1H. The van der Waals surface area contributed by atoms with Crippen LogP contribution in [0.15, 0.2) is 12.4 Å². The van der Waals surface area contributed by atoms with Crippen LogP contribution in [-0.2, 0) is 23.9 Å². The number of nitrogens with zero attached hydrogens (tertiary/aromatic N) is 2. The number of carbonyl (C=O) groups is 5. The topological polar surface area (TPSA) is 174 Å². The highest BCUT2D eigenvalue weighted by Gasteiger charge is 2.53. The van der Waals surface area contributed by atoms with Crippen LogP contribution in [0.25, 0.3) is 11.2 Å². The van der Waals surface area contributed by atoms with Crippen LogP contribution in [0.3, 0.4) is 0 Å². The summed E-state index contributed by atoms with van der Waals surface area (Å²) in [6, 6.07) is 0. The van der Waals surface area contributed by atoms with Gasteiger partial charge in [-0.05, 0) is 89.9 Å². The van der Waals surface area contributed by atoms with Crippen LogP contribution in [0.1, 0.15) is 150 Å². The van der Waals surface area contributed by atoms with Gasteiger partial charge in [0.05, 0.1) is 35.6 Å². The number of aromatic nitrogens is 3. The van der Waals surface area contributed by atoms with Crippen LogP contribution in [0, 0.1) is 23.2 Å². The minimum atomic E-state index is -0.754. The monoisotopic (exact) mass is 723 g/mol. The summed E-state index contributed by atoms with van der Waals surface area (Å²) < 4.78 is 4.78. The van der Waals surface area contributed by atoms with Gasteiger partial charge in [-0.15, -0.1) is 12.4 Å². The third-order valence-electron chi connectivity index (χ3n) is 12.3. The first-order valence-electron chi connectivity index (χ1n) is 19.3. The van der Waals surface area contributed by atoms with Crippen LogP contribution in [0.2, 0.25) is 0 Å². The Morgan fingerprint density at radius 2 is 1.29 bits per heavy atom. The minimum absolute atomic E-state index is 0. The van der Waals surface area contributed by atoms with E-state index in [1.54, 1.807) is 12.4 Å². The van der Waals surface area contributed by atoms with Gasteiger partial charge in [-0.2, -0.15) is 0 Å². The van der Waals surface area contributed by atoms with Crippen LogP contribution in [-0.4, -0.2) is 62.4 Å². The van der Waals surface area contributed by atoms with Gasteiger partial charge >= 0.3 is 5.97 Å². The van der Waals surface area contributed by atoms with Crippen molar-refractivity contribution in [2.24, 2.45) is 28.9 Å². The number of esters is 1. The zero-order chi connectivity index (χ0) is 35.1. The molecule has 4 N–H and O–H groups in total. The predicted octanol–water partition coefficient (Wildman–Crippen LogP) is 6.21. The molecule has 9 rings (SSSR count). The van der Waals surface area contributed by atoms with Crippen molar-refractivity contribution in [2.75, 3.05) is 7.11 Å². The van der Waals surface area contributed by atoms with Crippen molar-refractivity contribution >= 4 is 52.8 Å². The molecule has 0 spiro atoms. The maximum absolute atomic E-state index is 13.0. The summed E-state index contributed by atoms with van der Waals surface area (Å²) >= 11 is 0. The van der Waals surface area contributed by atoms with E-state index in [2.05, 4.69) is 20.3 Å². The van der Waals surface area contributed by atoms with E-state index < -0.39 is 16.5 Å². The largest absolute Gasteiger partial charge is 0.468 e. The van der Waals surface area contributed by atoms with E-state index >= 15 is 0 Å². The first-order valence-corrected chi connectivity index (χ1v) is 19.3. The lowest BCUT2D eigenvalue weighted by Crippen LogP contribution is -2.53. The molecule has 0 unspecified atom stereocenters.